The van der Waals surface area contributed by atoms with Crippen LogP contribution in [0.2, 0.25) is 0 Å². The van der Waals surface area contributed by atoms with Crippen LogP contribution < -0.4 is 9.13 Å². The number of nitriles is 1. The molecule has 0 fully saturated rings. The third-order valence-corrected chi connectivity index (χ3v) is 5.05. The lowest BCUT2D eigenvalue weighted by Gasteiger charge is -2.09. The Morgan fingerprint density at radius 1 is 1.06 bits per heavy atom. The first-order valence-electron chi connectivity index (χ1n) is 10.5. The number of rotatable bonds is 6. The van der Waals surface area contributed by atoms with Gasteiger partial charge in [-0.3, -0.25) is 0 Å². The summed E-state index contributed by atoms with van der Waals surface area (Å²) in [5, 5.41) is 20.3. The van der Waals surface area contributed by atoms with E-state index in [4.69, 9.17) is 11.3 Å². The van der Waals surface area contributed by atoms with Gasteiger partial charge in [-0.1, -0.05) is 24.3 Å². The van der Waals surface area contributed by atoms with Crippen molar-refractivity contribution in [3.05, 3.63) is 93.9 Å². The Balaban J connectivity index is 2.08. The highest BCUT2D eigenvalue weighted by Crippen LogP contribution is 2.30. The van der Waals surface area contributed by atoms with Crippen molar-refractivity contribution in [3.8, 4) is 11.8 Å². The topological polar surface area (TPSA) is 82.4 Å². The van der Waals surface area contributed by atoms with Gasteiger partial charge in [-0.2, -0.15) is 5.26 Å². The maximum Gasteiger partial charge on any atom is 0.338 e. The highest BCUT2D eigenvalue weighted by Gasteiger charge is 2.14. The second kappa shape index (κ2) is 10.7. The molecule has 0 aliphatic rings. The van der Waals surface area contributed by atoms with E-state index in [0.29, 0.717) is 33.5 Å². The first-order chi connectivity index (χ1) is 16.4. The van der Waals surface area contributed by atoms with Crippen molar-refractivity contribution < 1.29 is 23.8 Å². The molecule has 3 rings (SSSR count). The lowest BCUT2D eigenvalue weighted by molar-refractivity contribution is -0.671. The molecule has 7 nitrogen and oxygen atoms in total. The smallest absolute Gasteiger partial charge is 0.338 e. The predicted octanol–water partition coefficient (Wildman–Crippen LogP) is 3.98. The van der Waals surface area contributed by atoms with Crippen molar-refractivity contribution in [1.29, 1.82) is 5.26 Å². The molecule has 1 N–H and O–H groups in total. The average molecular weight is 453 g/mol. The Kier molecular flexibility index (Phi) is 7.53. The summed E-state index contributed by atoms with van der Waals surface area (Å²) in [6, 6.07) is 8.84. The standard InChI is InChI=1S/C27H23N4O3/c1-5-34-27(33)23-14-21(8-6-19-10-12-30(3)17-24(19)16-28)26(32)22(15-23)9-7-20-11-13-31(4)18-25(20)29-2/h6-15,17-18H,5H2,1,3-4H3/q+1/p+1. The van der Waals surface area contributed by atoms with E-state index in [0.717, 1.165) is 0 Å². The highest BCUT2D eigenvalue weighted by atomic mass is 16.5. The second-order valence-electron chi connectivity index (χ2n) is 7.54. The molecule has 0 saturated heterocycles. The maximum absolute atomic E-state index is 12.4. The van der Waals surface area contributed by atoms with E-state index >= 15 is 0 Å². The minimum absolute atomic E-state index is 0.0357. The fraction of sp³-hybridized carbons (Fsp3) is 0.148. The summed E-state index contributed by atoms with van der Waals surface area (Å²) in [6.07, 6.45) is 13.8. The molecule has 0 aliphatic carbocycles. The summed E-state index contributed by atoms with van der Waals surface area (Å²) in [5.41, 5.74) is 3.37. The van der Waals surface area contributed by atoms with Gasteiger partial charge >= 0.3 is 5.97 Å². The highest BCUT2D eigenvalue weighted by molar-refractivity contribution is 5.93. The van der Waals surface area contributed by atoms with Crippen LogP contribution in [0, 0.1) is 17.9 Å². The lowest BCUT2D eigenvalue weighted by atomic mass is 10.0. The first-order valence-corrected chi connectivity index (χ1v) is 10.5. The number of carbonyl (C=O) groups excluding carboxylic acids is 1. The summed E-state index contributed by atoms with van der Waals surface area (Å²) in [4.78, 5) is 16.0. The van der Waals surface area contributed by atoms with Crippen molar-refractivity contribution in [2.45, 2.75) is 6.92 Å². The van der Waals surface area contributed by atoms with Gasteiger partial charge < -0.3 is 9.84 Å². The molecule has 168 valence electrons. The second-order valence-corrected chi connectivity index (χ2v) is 7.54. The molecule has 1 aromatic carbocycles. The molecule has 0 unspecified atom stereocenters. The average Bonchev–Trinajstić information content (AvgIpc) is 2.83. The van der Waals surface area contributed by atoms with Crippen molar-refractivity contribution in [2.24, 2.45) is 14.1 Å². The molecule has 0 saturated carbocycles. The monoisotopic (exact) mass is 452 g/mol. The van der Waals surface area contributed by atoms with Gasteiger partial charge in [0.05, 0.1) is 18.7 Å². The van der Waals surface area contributed by atoms with Gasteiger partial charge in [0, 0.05) is 22.8 Å². The molecular formula is C27H24N4O3+2. The van der Waals surface area contributed by atoms with Crippen molar-refractivity contribution in [1.82, 2.24) is 0 Å². The summed E-state index contributed by atoms with van der Waals surface area (Å²) in [5.74, 6) is -0.545. The van der Waals surface area contributed by atoms with E-state index in [2.05, 4.69) is 10.9 Å². The molecule has 2 heterocycles. The van der Waals surface area contributed by atoms with Gasteiger partial charge in [-0.15, -0.1) is 0 Å². The largest absolute Gasteiger partial charge is 0.507 e. The third kappa shape index (κ3) is 5.53. The number of aromatic hydroxyl groups is 1. The van der Waals surface area contributed by atoms with E-state index in [9.17, 15) is 15.2 Å². The molecule has 0 bridgehead atoms. The van der Waals surface area contributed by atoms with E-state index in [1.165, 1.54) is 0 Å². The van der Waals surface area contributed by atoms with Crippen LogP contribution in [-0.4, -0.2) is 17.7 Å². The summed E-state index contributed by atoms with van der Waals surface area (Å²) in [7, 11) is 3.66. The molecule has 0 atom stereocenters. The minimum Gasteiger partial charge on any atom is -0.507 e. The number of esters is 1. The number of phenolic OH excluding ortho intramolecular Hbond substituents is 1. The normalized spacial score (nSPS) is 10.9. The molecule has 0 radical (unpaired) electrons. The van der Waals surface area contributed by atoms with E-state index in [1.807, 2.05) is 26.5 Å². The lowest BCUT2D eigenvalue weighted by Crippen LogP contribution is -2.27. The predicted molar refractivity (Wildman–Crippen MR) is 128 cm³/mol. The summed E-state index contributed by atoms with van der Waals surface area (Å²) >= 11 is 0. The summed E-state index contributed by atoms with van der Waals surface area (Å²) < 4.78 is 8.71. The van der Waals surface area contributed by atoms with Crippen LogP contribution in [0.15, 0.2) is 49.1 Å². The third-order valence-electron chi connectivity index (χ3n) is 5.05. The first kappa shape index (κ1) is 23.9. The zero-order valence-electron chi connectivity index (χ0n) is 19.2. The number of benzene rings is 1. The molecule has 0 aliphatic heterocycles. The van der Waals surface area contributed by atoms with Crippen LogP contribution in [0.3, 0.4) is 0 Å². The molecule has 34 heavy (non-hydrogen) atoms. The number of pyridine rings is 2. The Labute approximate surface area is 198 Å². The van der Waals surface area contributed by atoms with Gasteiger partial charge in [0.1, 0.15) is 31.5 Å². The van der Waals surface area contributed by atoms with Gasteiger partial charge in [0.15, 0.2) is 24.8 Å². The number of hydrogen-bond donors (Lipinski definition) is 1. The Morgan fingerprint density at radius 3 is 2.21 bits per heavy atom. The Morgan fingerprint density at radius 2 is 1.62 bits per heavy atom. The maximum atomic E-state index is 12.4. The van der Waals surface area contributed by atoms with Crippen LogP contribution in [0.25, 0.3) is 29.1 Å². The molecule has 0 spiro atoms. The van der Waals surface area contributed by atoms with Crippen molar-refractivity contribution >= 4 is 36.0 Å². The number of aryl methyl sites for hydroxylation is 2. The van der Waals surface area contributed by atoms with E-state index in [-0.39, 0.29) is 17.9 Å². The molecule has 3 aromatic rings. The Hall–Kier alpha value is -4.75. The SMILES string of the molecule is [C-]#[N+]c1c[n+](C)ccc1/C=C/c1cc(C(=O)OCC)cc(/C=C/c2cc[n+](C)cc2C#N)c1O. The zero-order valence-corrected chi connectivity index (χ0v) is 19.2. The molecule has 2 aromatic heterocycles. The quantitative estimate of drug-likeness (QED) is 0.348. The van der Waals surface area contributed by atoms with Gasteiger partial charge in [0.25, 0.3) is 5.69 Å². The zero-order chi connectivity index (χ0) is 24.7. The fourth-order valence-corrected chi connectivity index (χ4v) is 3.30. The number of ether oxygens (including phenoxy) is 1. The number of carbonyl (C=O) groups is 1. The fourth-order valence-electron chi connectivity index (χ4n) is 3.30. The van der Waals surface area contributed by atoms with Gasteiger partial charge in [0.2, 0.25) is 0 Å². The van der Waals surface area contributed by atoms with Gasteiger partial charge in [-0.25, -0.2) is 18.8 Å². The molecule has 7 heteroatoms. The van der Waals surface area contributed by atoms with E-state index < -0.39 is 5.97 Å². The van der Waals surface area contributed by atoms with Crippen LogP contribution in [-0.2, 0) is 18.8 Å². The number of nitrogens with zero attached hydrogens (tertiary/aromatic N) is 4. The minimum atomic E-state index is -0.509. The molecular weight excluding hydrogens is 428 g/mol. The van der Waals surface area contributed by atoms with Crippen LogP contribution in [0.1, 0.15) is 45.1 Å². The summed E-state index contributed by atoms with van der Waals surface area (Å²) in [6.45, 7) is 9.34. The van der Waals surface area contributed by atoms with Crippen molar-refractivity contribution in [3.63, 3.8) is 0 Å². The van der Waals surface area contributed by atoms with Crippen LogP contribution >= 0.6 is 0 Å². The van der Waals surface area contributed by atoms with E-state index in [1.54, 1.807) is 77.0 Å². The van der Waals surface area contributed by atoms with Crippen LogP contribution in [0.4, 0.5) is 5.69 Å². The number of hydrogen-bond acceptors (Lipinski definition) is 4. The number of aromatic nitrogens is 2. The number of phenols is 1. The van der Waals surface area contributed by atoms with Crippen LogP contribution in [0.5, 0.6) is 5.75 Å². The van der Waals surface area contributed by atoms with Crippen molar-refractivity contribution in [2.75, 3.05) is 6.61 Å². The Bertz CT molecular complexity index is 1300. The van der Waals surface area contributed by atoms with Gasteiger partial charge in [-0.05, 0) is 30.7 Å². The molecule has 0 amide bonds.